The van der Waals surface area contributed by atoms with E-state index >= 15 is 0 Å². The largest absolute Gasteiger partial charge is 0.439 e. The average Bonchev–Trinajstić information content (AvgIpc) is 2.90. The van der Waals surface area contributed by atoms with Crippen LogP contribution in [0.2, 0.25) is 0 Å². The number of carbonyl (C=O) groups excluding carboxylic acids is 2. The molecule has 1 saturated heterocycles. The summed E-state index contributed by atoms with van der Waals surface area (Å²) in [5.41, 5.74) is 0.794. The van der Waals surface area contributed by atoms with E-state index in [1.807, 2.05) is 18.2 Å². The number of amides is 2. The monoisotopic (exact) mass is 313 g/mol. The van der Waals surface area contributed by atoms with E-state index in [9.17, 15) is 14.2 Å². The number of hydrogen-bond acceptors (Lipinski definition) is 6. The Hall–Kier alpha value is -1.69. The van der Waals surface area contributed by atoms with Crippen LogP contribution in [0, 0.1) is 0 Å². The van der Waals surface area contributed by atoms with Crippen LogP contribution in [0.25, 0.3) is 0 Å². The van der Waals surface area contributed by atoms with Gasteiger partial charge in [-0.3, -0.25) is 9.36 Å². The van der Waals surface area contributed by atoms with Gasteiger partial charge in [-0.05, 0) is 5.56 Å². The number of cyclic esters (lactones) is 1. The van der Waals surface area contributed by atoms with Crippen molar-refractivity contribution in [3.63, 3.8) is 0 Å². The molecule has 2 rings (SSSR count). The second-order valence-corrected chi connectivity index (χ2v) is 6.69. The molecule has 1 aliphatic heterocycles. The van der Waals surface area contributed by atoms with E-state index in [2.05, 4.69) is 0 Å². The lowest BCUT2D eigenvalue weighted by Gasteiger charge is -2.16. The second-order valence-electron chi connectivity index (χ2n) is 4.42. The van der Waals surface area contributed by atoms with Gasteiger partial charge >= 0.3 is 13.7 Å². The molecule has 0 radical (unpaired) electrons. The van der Waals surface area contributed by atoms with Crippen LogP contribution in [0.4, 0.5) is 4.79 Å². The van der Waals surface area contributed by atoms with Gasteiger partial charge in [0.15, 0.2) is 0 Å². The maximum atomic E-state index is 12.1. The standard InChI is InChI=1S/C13H16NO6P/c1-18-21(17,19-2)9-12(15)14-8-11(20-13(14)16)10-6-4-3-5-7-10/h3-7,11H,8-9H2,1-2H3/t11-/m0/s1. The quantitative estimate of drug-likeness (QED) is 0.775. The summed E-state index contributed by atoms with van der Waals surface area (Å²) >= 11 is 0. The summed E-state index contributed by atoms with van der Waals surface area (Å²) in [7, 11) is -1.13. The minimum absolute atomic E-state index is 0.0785. The molecule has 21 heavy (non-hydrogen) atoms. The molecule has 0 unspecified atom stereocenters. The molecule has 0 spiro atoms. The Morgan fingerprint density at radius 3 is 2.52 bits per heavy atom. The zero-order valence-corrected chi connectivity index (χ0v) is 12.6. The lowest BCUT2D eigenvalue weighted by atomic mass is 10.1. The number of carbonyl (C=O) groups is 2. The highest BCUT2D eigenvalue weighted by Gasteiger charge is 2.39. The summed E-state index contributed by atoms with van der Waals surface area (Å²) in [5, 5.41) is 0. The van der Waals surface area contributed by atoms with Gasteiger partial charge in [0.05, 0.1) is 6.54 Å². The molecular formula is C13H16NO6P. The Morgan fingerprint density at radius 2 is 1.95 bits per heavy atom. The first-order valence-corrected chi connectivity index (χ1v) is 7.98. The first-order valence-electron chi connectivity index (χ1n) is 6.25. The van der Waals surface area contributed by atoms with Gasteiger partial charge in [0, 0.05) is 14.2 Å². The number of benzene rings is 1. The van der Waals surface area contributed by atoms with Crippen LogP contribution in [-0.4, -0.2) is 43.8 Å². The predicted octanol–water partition coefficient (Wildman–Crippen LogP) is 2.19. The molecule has 1 atom stereocenters. The Bertz CT molecular complexity index is 567. The molecule has 1 fully saturated rings. The normalized spacial score (nSPS) is 18.7. The lowest BCUT2D eigenvalue weighted by molar-refractivity contribution is -0.125. The molecule has 0 aliphatic carbocycles. The third-order valence-electron chi connectivity index (χ3n) is 3.17. The van der Waals surface area contributed by atoms with Crippen molar-refractivity contribution >= 4 is 19.6 Å². The highest BCUT2D eigenvalue weighted by molar-refractivity contribution is 7.54. The van der Waals surface area contributed by atoms with Crippen LogP contribution in [0.5, 0.6) is 0 Å². The van der Waals surface area contributed by atoms with Crippen LogP contribution in [0.1, 0.15) is 11.7 Å². The van der Waals surface area contributed by atoms with E-state index in [0.29, 0.717) is 0 Å². The van der Waals surface area contributed by atoms with Crippen LogP contribution in [0.3, 0.4) is 0 Å². The number of ether oxygens (including phenoxy) is 1. The highest BCUT2D eigenvalue weighted by Crippen LogP contribution is 2.46. The summed E-state index contributed by atoms with van der Waals surface area (Å²) < 4.78 is 26.5. The molecule has 2 amide bonds. The van der Waals surface area contributed by atoms with Gasteiger partial charge in [-0.2, -0.15) is 0 Å². The lowest BCUT2D eigenvalue weighted by Crippen LogP contribution is -2.34. The molecule has 0 aromatic heterocycles. The van der Waals surface area contributed by atoms with Crippen molar-refractivity contribution in [3.8, 4) is 0 Å². The first-order chi connectivity index (χ1) is 9.99. The second kappa shape index (κ2) is 6.39. The molecule has 0 N–H and O–H groups in total. The van der Waals surface area contributed by atoms with E-state index in [4.69, 9.17) is 13.8 Å². The Balaban J connectivity index is 2.07. The number of nitrogens with zero attached hydrogens (tertiary/aromatic N) is 1. The Labute approximate surface area is 122 Å². The molecule has 8 heteroatoms. The Kier molecular flexibility index (Phi) is 4.77. The van der Waals surface area contributed by atoms with Gasteiger partial charge in [-0.1, -0.05) is 30.3 Å². The molecule has 1 aliphatic rings. The zero-order valence-electron chi connectivity index (χ0n) is 11.7. The summed E-state index contributed by atoms with van der Waals surface area (Å²) in [6, 6.07) is 9.09. The van der Waals surface area contributed by atoms with Crippen molar-refractivity contribution in [1.82, 2.24) is 4.90 Å². The van der Waals surface area contributed by atoms with E-state index < -0.39 is 31.9 Å². The van der Waals surface area contributed by atoms with Crippen molar-refractivity contribution in [1.29, 1.82) is 0 Å². The molecule has 0 saturated carbocycles. The van der Waals surface area contributed by atoms with Gasteiger partial charge in [0.1, 0.15) is 12.3 Å². The summed E-state index contributed by atoms with van der Waals surface area (Å²) in [6.45, 7) is 0.0785. The van der Waals surface area contributed by atoms with Crippen LogP contribution < -0.4 is 0 Å². The van der Waals surface area contributed by atoms with E-state index in [0.717, 1.165) is 10.5 Å². The van der Waals surface area contributed by atoms with E-state index in [1.165, 1.54) is 14.2 Å². The molecule has 1 aromatic rings. The minimum atomic E-state index is -3.51. The van der Waals surface area contributed by atoms with Gasteiger partial charge in [-0.15, -0.1) is 0 Å². The van der Waals surface area contributed by atoms with Crippen LogP contribution in [-0.2, 0) is 23.1 Å². The van der Waals surface area contributed by atoms with Crippen LogP contribution in [0.15, 0.2) is 30.3 Å². The smallest absolute Gasteiger partial charge is 0.417 e. The molecule has 7 nitrogen and oxygen atoms in total. The summed E-state index contributed by atoms with van der Waals surface area (Å²) in [6.07, 6.45) is -1.78. The minimum Gasteiger partial charge on any atom is -0.439 e. The third-order valence-corrected chi connectivity index (χ3v) is 4.94. The summed E-state index contributed by atoms with van der Waals surface area (Å²) in [5.74, 6) is -0.648. The Morgan fingerprint density at radius 1 is 1.33 bits per heavy atom. The van der Waals surface area contributed by atoms with E-state index in [-0.39, 0.29) is 6.54 Å². The maximum Gasteiger partial charge on any atom is 0.417 e. The third kappa shape index (κ3) is 3.50. The van der Waals surface area contributed by atoms with Gasteiger partial charge < -0.3 is 13.8 Å². The fourth-order valence-electron chi connectivity index (χ4n) is 1.96. The van der Waals surface area contributed by atoms with Crippen molar-refractivity contribution in [3.05, 3.63) is 35.9 Å². The number of hydrogen-bond donors (Lipinski definition) is 0. The summed E-state index contributed by atoms with van der Waals surface area (Å²) in [4.78, 5) is 24.8. The fraction of sp³-hybridized carbons (Fsp3) is 0.385. The molecule has 0 bridgehead atoms. The van der Waals surface area contributed by atoms with E-state index in [1.54, 1.807) is 12.1 Å². The number of imide groups is 1. The van der Waals surface area contributed by atoms with Crippen molar-refractivity contribution < 1.29 is 27.9 Å². The van der Waals surface area contributed by atoms with Crippen molar-refractivity contribution in [2.75, 3.05) is 26.9 Å². The van der Waals surface area contributed by atoms with Gasteiger partial charge in [0.2, 0.25) is 5.91 Å². The topological polar surface area (TPSA) is 82.1 Å². The first kappa shape index (κ1) is 15.7. The molecule has 114 valence electrons. The SMILES string of the molecule is COP(=O)(CC(=O)N1C[C@@H](c2ccccc2)OC1=O)OC. The molecule has 1 aromatic carbocycles. The maximum absolute atomic E-state index is 12.1. The highest BCUT2D eigenvalue weighted by atomic mass is 31.2. The molecular weight excluding hydrogens is 297 g/mol. The number of rotatable bonds is 5. The van der Waals surface area contributed by atoms with Crippen molar-refractivity contribution in [2.24, 2.45) is 0 Å². The van der Waals surface area contributed by atoms with Crippen LogP contribution >= 0.6 is 7.60 Å². The molecule has 1 heterocycles. The predicted molar refractivity (Wildman–Crippen MR) is 73.9 cm³/mol. The van der Waals surface area contributed by atoms with Gasteiger partial charge in [-0.25, -0.2) is 9.69 Å². The van der Waals surface area contributed by atoms with Gasteiger partial charge in [0.25, 0.3) is 0 Å². The zero-order chi connectivity index (χ0) is 15.5. The van der Waals surface area contributed by atoms with Crippen molar-refractivity contribution in [2.45, 2.75) is 6.10 Å². The fourth-order valence-corrected chi connectivity index (χ4v) is 2.87. The average molecular weight is 313 g/mol.